The molecule has 0 radical (unpaired) electrons. The maximum absolute atomic E-state index is 13.3. The molecule has 2 N–H and O–H groups in total. The number of anilines is 2. The maximum Gasteiger partial charge on any atom is 0.242 e. The molecule has 0 bridgehead atoms. The summed E-state index contributed by atoms with van der Waals surface area (Å²) in [4.78, 5) is 26.5. The van der Waals surface area contributed by atoms with E-state index in [1.165, 1.54) is 11.8 Å². The number of benzene rings is 4. The number of carbonyl (C=O) groups is 2. The second-order valence-corrected chi connectivity index (χ2v) is 9.78. The van der Waals surface area contributed by atoms with Gasteiger partial charge < -0.3 is 10.6 Å². The number of nitrogens with one attached hydrogen (secondary N) is 2. The van der Waals surface area contributed by atoms with Gasteiger partial charge in [-0.25, -0.2) is 0 Å². The topological polar surface area (TPSA) is 58.2 Å². The highest BCUT2D eigenvalue weighted by atomic mass is 35.5. The van der Waals surface area contributed by atoms with E-state index in [0.717, 1.165) is 16.0 Å². The van der Waals surface area contributed by atoms with E-state index in [9.17, 15) is 9.59 Å². The second-order valence-electron chi connectivity index (χ2n) is 7.76. The normalized spacial score (nSPS) is 11.5. The fourth-order valence-corrected chi connectivity index (χ4v) is 4.79. The Morgan fingerprint density at radius 1 is 0.771 bits per heavy atom. The first-order chi connectivity index (χ1) is 17.0. The summed E-state index contributed by atoms with van der Waals surface area (Å²) in [6.45, 7) is 0. The van der Waals surface area contributed by atoms with Gasteiger partial charge in [-0.2, -0.15) is 0 Å². The minimum absolute atomic E-state index is 0.0865. The van der Waals surface area contributed by atoms with Gasteiger partial charge in [-0.05, 0) is 53.6 Å². The third kappa shape index (κ3) is 7.12. The highest BCUT2D eigenvalue weighted by molar-refractivity contribution is 8.00. The molecule has 7 heteroatoms. The number of rotatable bonds is 8. The number of carbonyl (C=O) groups excluding carboxylic acids is 2. The molecular formula is C28H22Cl2N2O2S. The summed E-state index contributed by atoms with van der Waals surface area (Å²) in [6.07, 6.45) is 0.305. The summed E-state index contributed by atoms with van der Waals surface area (Å²) < 4.78 is 0. The minimum Gasteiger partial charge on any atom is -0.326 e. The van der Waals surface area contributed by atoms with Crippen molar-refractivity contribution in [2.45, 2.75) is 16.6 Å². The molecule has 4 aromatic carbocycles. The first kappa shape index (κ1) is 24.9. The van der Waals surface area contributed by atoms with Crippen molar-refractivity contribution < 1.29 is 9.59 Å². The third-order valence-corrected chi connectivity index (χ3v) is 6.96. The Balaban J connectivity index is 1.46. The van der Waals surface area contributed by atoms with Crippen LogP contribution in [-0.4, -0.2) is 11.8 Å². The van der Waals surface area contributed by atoms with E-state index in [4.69, 9.17) is 23.2 Å². The van der Waals surface area contributed by atoms with Gasteiger partial charge in [-0.15, -0.1) is 11.8 Å². The minimum atomic E-state index is -0.523. The van der Waals surface area contributed by atoms with Gasteiger partial charge in [0.05, 0.1) is 17.1 Å². The molecule has 0 fully saturated rings. The molecule has 4 rings (SSSR count). The Bertz CT molecular complexity index is 1300. The first-order valence-corrected chi connectivity index (χ1v) is 12.5. The van der Waals surface area contributed by atoms with Crippen LogP contribution in [0.15, 0.2) is 108 Å². The molecule has 4 nitrogen and oxygen atoms in total. The van der Waals surface area contributed by atoms with E-state index < -0.39 is 5.25 Å². The maximum atomic E-state index is 13.3. The lowest BCUT2D eigenvalue weighted by Crippen LogP contribution is -2.19. The van der Waals surface area contributed by atoms with Gasteiger partial charge >= 0.3 is 0 Å². The second kappa shape index (κ2) is 11.9. The lowest BCUT2D eigenvalue weighted by atomic mass is 10.1. The van der Waals surface area contributed by atoms with E-state index in [2.05, 4.69) is 10.6 Å². The number of hydrogen-bond donors (Lipinski definition) is 2. The van der Waals surface area contributed by atoms with Crippen LogP contribution >= 0.6 is 35.0 Å². The van der Waals surface area contributed by atoms with Crippen LogP contribution in [0.2, 0.25) is 10.0 Å². The number of halogens is 2. The zero-order chi connectivity index (χ0) is 24.6. The summed E-state index contributed by atoms with van der Waals surface area (Å²) in [7, 11) is 0. The van der Waals surface area contributed by atoms with Crippen molar-refractivity contribution in [2.75, 3.05) is 10.6 Å². The van der Waals surface area contributed by atoms with Crippen LogP contribution in [0, 0.1) is 0 Å². The van der Waals surface area contributed by atoms with Gasteiger partial charge in [0.2, 0.25) is 11.8 Å². The molecule has 1 atom stereocenters. The molecular weight excluding hydrogens is 499 g/mol. The van der Waals surface area contributed by atoms with Crippen molar-refractivity contribution in [3.8, 4) is 0 Å². The van der Waals surface area contributed by atoms with E-state index in [1.54, 1.807) is 18.2 Å². The van der Waals surface area contributed by atoms with Crippen molar-refractivity contribution >= 4 is 58.2 Å². The summed E-state index contributed by atoms with van der Waals surface area (Å²) in [5.41, 5.74) is 2.96. The van der Waals surface area contributed by atoms with E-state index in [0.29, 0.717) is 27.8 Å². The predicted octanol–water partition coefficient (Wildman–Crippen LogP) is 7.65. The lowest BCUT2D eigenvalue weighted by Gasteiger charge is -2.18. The summed E-state index contributed by atoms with van der Waals surface area (Å²) in [5, 5.41) is 6.19. The average Bonchev–Trinajstić information content (AvgIpc) is 2.87. The molecule has 0 aliphatic rings. The Labute approximate surface area is 218 Å². The Kier molecular flexibility index (Phi) is 8.48. The average molecular weight is 521 g/mol. The molecule has 0 aliphatic carbocycles. The van der Waals surface area contributed by atoms with Gasteiger partial charge in [-0.1, -0.05) is 83.9 Å². The Hall–Kier alpha value is -3.25. The number of thioether (sulfide) groups is 1. The molecule has 0 saturated carbocycles. The molecule has 1 unspecified atom stereocenters. The van der Waals surface area contributed by atoms with Crippen LogP contribution in [-0.2, 0) is 16.0 Å². The molecule has 0 heterocycles. The van der Waals surface area contributed by atoms with E-state index in [1.807, 2.05) is 84.9 Å². The summed E-state index contributed by atoms with van der Waals surface area (Å²) in [5.74, 6) is -0.304. The van der Waals surface area contributed by atoms with E-state index >= 15 is 0 Å². The SMILES string of the molecule is O=C(Cc1ccccc1)Nc1ccc(SC(C(=O)Nc2cc(Cl)ccc2Cl)c2ccccc2)cc1. The zero-order valence-corrected chi connectivity index (χ0v) is 20.9. The van der Waals surface area contributed by atoms with E-state index in [-0.39, 0.29) is 11.8 Å². The first-order valence-electron chi connectivity index (χ1n) is 10.9. The van der Waals surface area contributed by atoms with Crippen LogP contribution in [0.5, 0.6) is 0 Å². The molecule has 2 amide bonds. The molecule has 4 aromatic rings. The van der Waals surface area contributed by atoms with Crippen LogP contribution in [0.25, 0.3) is 0 Å². The quantitative estimate of drug-likeness (QED) is 0.234. The van der Waals surface area contributed by atoms with Gasteiger partial charge in [-0.3, -0.25) is 9.59 Å². The smallest absolute Gasteiger partial charge is 0.242 e. The largest absolute Gasteiger partial charge is 0.326 e. The summed E-state index contributed by atoms with van der Waals surface area (Å²) >= 11 is 13.7. The van der Waals surface area contributed by atoms with Crippen LogP contribution in [0.4, 0.5) is 11.4 Å². The van der Waals surface area contributed by atoms with Gasteiger partial charge in [0.25, 0.3) is 0 Å². The van der Waals surface area contributed by atoms with Crippen molar-refractivity contribution in [2.24, 2.45) is 0 Å². The van der Waals surface area contributed by atoms with Crippen molar-refractivity contribution in [3.05, 3.63) is 124 Å². The van der Waals surface area contributed by atoms with Crippen molar-refractivity contribution in [3.63, 3.8) is 0 Å². The monoisotopic (exact) mass is 520 g/mol. The molecule has 0 aromatic heterocycles. The van der Waals surface area contributed by atoms with Gasteiger partial charge in [0, 0.05) is 15.6 Å². The highest BCUT2D eigenvalue weighted by Crippen LogP contribution is 2.37. The fraction of sp³-hybridized carbons (Fsp3) is 0.0714. The van der Waals surface area contributed by atoms with Crippen molar-refractivity contribution in [1.82, 2.24) is 0 Å². The fourth-order valence-electron chi connectivity index (χ4n) is 3.43. The predicted molar refractivity (Wildman–Crippen MR) is 145 cm³/mol. The molecule has 35 heavy (non-hydrogen) atoms. The zero-order valence-electron chi connectivity index (χ0n) is 18.6. The third-order valence-electron chi connectivity index (χ3n) is 5.13. The molecule has 176 valence electrons. The number of hydrogen-bond acceptors (Lipinski definition) is 3. The highest BCUT2D eigenvalue weighted by Gasteiger charge is 2.23. The molecule has 0 saturated heterocycles. The number of amides is 2. The molecule has 0 aliphatic heterocycles. The van der Waals surface area contributed by atoms with Gasteiger partial charge in [0.1, 0.15) is 5.25 Å². The van der Waals surface area contributed by atoms with Crippen LogP contribution in [0.3, 0.4) is 0 Å². The Morgan fingerprint density at radius 2 is 1.43 bits per heavy atom. The Morgan fingerprint density at radius 3 is 2.11 bits per heavy atom. The molecule has 0 spiro atoms. The lowest BCUT2D eigenvalue weighted by molar-refractivity contribution is -0.116. The van der Waals surface area contributed by atoms with Crippen LogP contribution < -0.4 is 10.6 Å². The van der Waals surface area contributed by atoms with Crippen LogP contribution in [0.1, 0.15) is 16.4 Å². The standard InChI is InChI=1S/C28H22Cl2N2O2S/c29-21-11-16-24(30)25(18-21)32-28(34)27(20-9-5-2-6-10-20)35-23-14-12-22(13-15-23)31-26(33)17-19-7-3-1-4-8-19/h1-16,18,27H,17H2,(H,31,33)(H,32,34). The van der Waals surface area contributed by atoms with Crippen molar-refractivity contribution in [1.29, 1.82) is 0 Å². The summed E-state index contributed by atoms with van der Waals surface area (Å²) in [6, 6.07) is 31.5. The van der Waals surface area contributed by atoms with Gasteiger partial charge in [0.15, 0.2) is 0 Å².